The van der Waals surface area contributed by atoms with E-state index in [-0.39, 0.29) is 5.79 Å². The predicted molar refractivity (Wildman–Crippen MR) is 75.7 cm³/mol. The molecule has 0 unspecified atom stereocenters. The van der Waals surface area contributed by atoms with Gasteiger partial charge in [0.05, 0.1) is 25.3 Å². The van der Waals surface area contributed by atoms with Gasteiger partial charge in [0.25, 0.3) is 0 Å². The third kappa shape index (κ3) is 1.93. The van der Waals surface area contributed by atoms with E-state index in [0.717, 1.165) is 44.7 Å². The van der Waals surface area contributed by atoms with Gasteiger partial charge in [0.15, 0.2) is 5.79 Å². The topological polar surface area (TPSA) is 34.6 Å². The molecule has 0 atom stereocenters. The summed E-state index contributed by atoms with van der Waals surface area (Å²) in [7, 11) is 0. The molecule has 0 radical (unpaired) electrons. The molecular weight excluding hydrogens is 260 g/mol. The lowest BCUT2D eigenvalue weighted by Gasteiger charge is -2.39. The van der Waals surface area contributed by atoms with Crippen LogP contribution in [0.15, 0.2) is 24.3 Å². The fraction of sp³-hybridized carbons (Fsp3) is 0.500. The molecule has 4 rings (SSSR count). The van der Waals surface area contributed by atoms with Gasteiger partial charge in [-0.15, -0.1) is 0 Å². The van der Waals surface area contributed by atoms with Gasteiger partial charge in [0, 0.05) is 18.4 Å². The lowest BCUT2D eigenvalue weighted by atomic mass is 10.0. The minimum absolute atomic E-state index is 0.372. The van der Waals surface area contributed by atoms with E-state index in [1.807, 2.05) is 6.07 Å². The molecule has 3 heterocycles. The van der Waals surface area contributed by atoms with Crippen LogP contribution in [0.5, 0.6) is 0 Å². The fourth-order valence-corrected chi connectivity index (χ4v) is 3.88. The average molecular weight is 276 g/mol. The number of hydrogen-bond acceptors (Lipinski definition) is 5. The van der Waals surface area contributed by atoms with Gasteiger partial charge in [-0.05, 0) is 30.1 Å². The average Bonchev–Trinajstić information content (AvgIpc) is 3.06. The Balaban J connectivity index is 1.68. The molecule has 0 N–H and O–H groups in total. The zero-order chi connectivity index (χ0) is 12.7. The highest BCUT2D eigenvalue weighted by Crippen LogP contribution is 2.37. The van der Waals surface area contributed by atoms with Gasteiger partial charge >= 0.3 is 0 Å². The number of hydrogen-bond donors (Lipinski definition) is 0. The molecule has 2 aliphatic heterocycles. The Hall–Kier alpha value is -1.17. The minimum Gasteiger partial charge on any atom is -0.356 e. The van der Waals surface area contributed by atoms with Crippen molar-refractivity contribution in [3.8, 4) is 0 Å². The van der Waals surface area contributed by atoms with Crippen LogP contribution in [0.1, 0.15) is 12.8 Å². The first-order valence-corrected chi connectivity index (χ1v) is 7.51. The van der Waals surface area contributed by atoms with Gasteiger partial charge in [-0.3, -0.25) is 0 Å². The zero-order valence-electron chi connectivity index (χ0n) is 10.7. The van der Waals surface area contributed by atoms with Crippen molar-refractivity contribution in [2.75, 3.05) is 31.2 Å². The Morgan fingerprint density at radius 3 is 2.95 bits per heavy atom. The minimum atomic E-state index is -0.372. The van der Waals surface area contributed by atoms with Crippen molar-refractivity contribution in [3.63, 3.8) is 0 Å². The van der Waals surface area contributed by atoms with Gasteiger partial charge in [0.1, 0.15) is 5.00 Å². The number of nitrogens with zero attached hydrogens (tertiary/aromatic N) is 2. The third-order valence-corrected chi connectivity index (χ3v) is 4.82. The van der Waals surface area contributed by atoms with Gasteiger partial charge in [-0.25, -0.2) is 0 Å². The standard InChI is InChI=1S/C14H16N2O2S/c1-2-5-12-11(4-1)13(19-15-12)16-7-3-6-14(10-16)17-8-9-18-14/h1-2,4-5H,3,6-10H2. The van der Waals surface area contributed by atoms with Gasteiger partial charge < -0.3 is 14.4 Å². The number of fused-ring (bicyclic) bond motifs is 1. The number of rotatable bonds is 1. The zero-order valence-corrected chi connectivity index (χ0v) is 11.5. The second-order valence-electron chi connectivity index (χ2n) is 5.14. The number of anilines is 1. The molecule has 0 aliphatic carbocycles. The lowest BCUT2D eigenvalue weighted by molar-refractivity contribution is -0.160. The second-order valence-corrected chi connectivity index (χ2v) is 5.89. The van der Waals surface area contributed by atoms with Crippen molar-refractivity contribution in [2.24, 2.45) is 0 Å². The van der Waals surface area contributed by atoms with Crippen LogP contribution in [-0.2, 0) is 9.47 Å². The molecule has 1 spiro atoms. The van der Waals surface area contributed by atoms with Crippen LogP contribution in [0.3, 0.4) is 0 Å². The SMILES string of the molecule is c1ccc2c(N3CCCC4(C3)OCCO4)snc2c1. The molecule has 0 amide bonds. The highest BCUT2D eigenvalue weighted by Gasteiger charge is 2.41. The smallest absolute Gasteiger partial charge is 0.186 e. The van der Waals surface area contributed by atoms with Crippen molar-refractivity contribution >= 4 is 27.4 Å². The van der Waals surface area contributed by atoms with E-state index in [2.05, 4.69) is 27.5 Å². The molecule has 100 valence electrons. The Morgan fingerprint density at radius 2 is 2.05 bits per heavy atom. The van der Waals surface area contributed by atoms with E-state index in [0.29, 0.717) is 0 Å². The number of benzene rings is 1. The predicted octanol–water partition coefficient (Wildman–Crippen LogP) is 2.64. The first-order chi connectivity index (χ1) is 9.36. The van der Waals surface area contributed by atoms with Gasteiger partial charge in [-0.2, -0.15) is 4.37 Å². The van der Waals surface area contributed by atoms with Crippen molar-refractivity contribution in [2.45, 2.75) is 18.6 Å². The maximum absolute atomic E-state index is 5.84. The van der Waals surface area contributed by atoms with Gasteiger partial charge in [-0.1, -0.05) is 12.1 Å². The van der Waals surface area contributed by atoms with Crippen LogP contribution in [-0.4, -0.2) is 36.5 Å². The number of aromatic nitrogens is 1. The number of ether oxygens (including phenoxy) is 2. The molecule has 5 heteroatoms. The van der Waals surface area contributed by atoms with Crippen molar-refractivity contribution in [3.05, 3.63) is 24.3 Å². The summed E-state index contributed by atoms with van der Waals surface area (Å²) in [5.74, 6) is -0.372. The Kier molecular flexibility index (Phi) is 2.72. The first-order valence-electron chi connectivity index (χ1n) is 6.74. The monoisotopic (exact) mass is 276 g/mol. The van der Waals surface area contributed by atoms with Crippen LogP contribution in [0, 0.1) is 0 Å². The molecule has 2 aliphatic rings. The summed E-state index contributed by atoms with van der Waals surface area (Å²) in [6, 6.07) is 8.32. The maximum atomic E-state index is 5.84. The normalized spacial score (nSPS) is 22.4. The quantitative estimate of drug-likeness (QED) is 0.802. The van der Waals surface area contributed by atoms with E-state index in [4.69, 9.17) is 9.47 Å². The van der Waals surface area contributed by atoms with E-state index in [9.17, 15) is 0 Å². The fourth-order valence-electron chi connectivity index (χ4n) is 3.00. The summed E-state index contributed by atoms with van der Waals surface area (Å²) >= 11 is 1.58. The molecular formula is C14H16N2O2S. The van der Waals surface area contributed by atoms with Crippen molar-refractivity contribution < 1.29 is 9.47 Å². The highest BCUT2D eigenvalue weighted by molar-refractivity contribution is 7.11. The molecule has 2 saturated heterocycles. The molecule has 0 saturated carbocycles. The van der Waals surface area contributed by atoms with Crippen LogP contribution >= 0.6 is 11.5 Å². The van der Waals surface area contributed by atoms with E-state index in [1.54, 1.807) is 11.5 Å². The first kappa shape index (κ1) is 11.6. The van der Waals surface area contributed by atoms with E-state index >= 15 is 0 Å². The van der Waals surface area contributed by atoms with Gasteiger partial charge in [0.2, 0.25) is 0 Å². The largest absolute Gasteiger partial charge is 0.356 e. The molecule has 1 aromatic heterocycles. The summed E-state index contributed by atoms with van der Waals surface area (Å²) in [6.07, 6.45) is 2.10. The van der Waals surface area contributed by atoms with E-state index in [1.165, 1.54) is 10.4 Å². The van der Waals surface area contributed by atoms with Crippen LogP contribution in [0.4, 0.5) is 5.00 Å². The molecule has 19 heavy (non-hydrogen) atoms. The number of piperidine rings is 1. The Bertz CT molecular complexity index is 592. The Morgan fingerprint density at radius 1 is 1.21 bits per heavy atom. The summed E-state index contributed by atoms with van der Waals surface area (Å²) in [5.41, 5.74) is 1.08. The van der Waals surface area contributed by atoms with Crippen LogP contribution in [0.25, 0.3) is 10.9 Å². The summed E-state index contributed by atoms with van der Waals surface area (Å²) in [4.78, 5) is 2.37. The molecule has 4 nitrogen and oxygen atoms in total. The van der Waals surface area contributed by atoms with E-state index < -0.39 is 0 Å². The highest BCUT2D eigenvalue weighted by atomic mass is 32.1. The molecule has 2 aromatic rings. The van der Waals surface area contributed by atoms with Crippen LogP contribution < -0.4 is 4.90 Å². The molecule has 1 aromatic carbocycles. The summed E-state index contributed by atoms with van der Waals surface area (Å²) < 4.78 is 16.2. The third-order valence-electron chi connectivity index (χ3n) is 3.88. The lowest BCUT2D eigenvalue weighted by Crippen LogP contribution is -2.48. The van der Waals surface area contributed by atoms with Crippen LogP contribution in [0.2, 0.25) is 0 Å². The molecule has 0 bridgehead atoms. The van der Waals surface area contributed by atoms with Crippen molar-refractivity contribution in [1.82, 2.24) is 4.37 Å². The molecule has 2 fully saturated rings. The Labute approximate surface area is 116 Å². The van der Waals surface area contributed by atoms with Crippen molar-refractivity contribution in [1.29, 1.82) is 0 Å². The summed E-state index contributed by atoms with van der Waals surface area (Å²) in [6.45, 7) is 3.31. The summed E-state index contributed by atoms with van der Waals surface area (Å²) in [5, 5.41) is 2.48. The second kappa shape index (κ2) is 4.44. The maximum Gasteiger partial charge on any atom is 0.186 e.